The molecule has 2 aliphatic rings. The number of carbonyl (C=O) groups excluding carboxylic acids is 2. The van der Waals surface area contributed by atoms with Crippen molar-refractivity contribution in [3.05, 3.63) is 35.9 Å². The highest BCUT2D eigenvalue weighted by Crippen LogP contribution is 2.51. The summed E-state index contributed by atoms with van der Waals surface area (Å²) in [4.78, 5) is 32.1. The Morgan fingerprint density at radius 1 is 1.29 bits per heavy atom. The van der Waals surface area contributed by atoms with Crippen LogP contribution >= 0.6 is 23.5 Å². The van der Waals surface area contributed by atoms with Crippen LogP contribution in [0.15, 0.2) is 30.3 Å². The van der Waals surface area contributed by atoms with Crippen molar-refractivity contribution in [1.29, 1.82) is 0 Å². The Bertz CT molecular complexity index is 730. The Morgan fingerprint density at radius 3 is 2.65 bits per heavy atom. The number of nitrogens with zero attached hydrogens (tertiary/aromatic N) is 1. The van der Waals surface area contributed by atoms with Crippen molar-refractivity contribution in [3.63, 3.8) is 0 Å². The zero-order valence-electron chi connectivity index (χ0n) is 18.1. The van der Waals surface area contributed by atoms with Gasteiger partial charge in [0.25, 0.3) is 0 Å². The fraction of sp³-hybridized carbons (Fsp3) is 0.636. The molecule has 31 heavy (non-hydrogen) atoms. The largest absolute Gasteiger partial charge is 0.465 e. The quantitative estimate of drug-likeness (QED) is 0.308. The Labute approximate surface area is 192 Å². The van der Waals surface area contributed by atoms with E-state index in [1.165, 1.54) is 0 Å². The van der Waals surface area contributed by atoms with E-state index in [4.69, 9.17) is 9.99 Å². The van der Waals surface area contributed by atoms with Gasteiger partial charge in [-0.1, -0.05) is 30.3 Å². The molecule has 7 nitrogen and oxygen atoms in total. The molecule has 3 rings (SSSR count). The number of benzene rings is 1. The lowest BCUT2D eigenvalue weighted by atomic mass is 10.0. The molecule has 0 unspecified atom stereocenters. The Hall–Kier alpha value is -1.26. The number of carbonyl (C=O) groups is 2. The third-order valence-corrected chi connectivity index (χ3v) is 9.15. The molecule has 2 N–H and O–H groups in total. The van der Waals surface area contributed by atoms with Crippen LogP contribution in [-0.4, -0.2) is 75.5 Å². The molecule has 0 radical (unpaired) electrons. The summed E-state index contributed by atoms with van der Waals surface area (Å²) in [6, 6.07) is 8.65. The van der Waals surface area contributed by atoms with E-state index in [2.05, 4.69) is 10.2 Å². The van der Waals surface area contributed by atoms with E-state index in [0.29, 0.717) is 26.0 Å². The molecule has 2 fully saturated rings. The maximum Gasteiger partial charge on any atom is 0.323 e. The van der Waals surface area contributed by atoms with Gasteiger partial charge in [-0.25, -0.2) is 4.89 Å². The highest BCUT2D eigenvalue weighted by atomic mass is 32.2. The molecule has 2 aliphatic heterocycles. The number of rotatable bonds is 10. The lowest BCUT2D eigenvalue weighted by Crippen LogP contribution is -2.53. The summed E-state index contributed by atoms with van der Waals surface area (Å²) in [5, 5.41) is 12.2. The number of hydrogen-bond acceptors (Lipinski definition) is 8. The smallest absolute Gasteiger partial charge is 0.323 e. The van der Waals surface area contributed by atoms with E-state index in [1.807, 2.05) is 53.9 Å². The van der Waals surface area contributed by atoms with Gasteiger partial charge in [-0.2, -0.15) is 0 Å². The van der Waals surface area contributed by atoms with Crippen LogP contribution in [0.4, 0.5) is 0 Å². The first-order valence-electron chi connectivity index (χ1n) is 10.8. The van der Waals surface area contributed by atoms with Crippen LogP contribution in [0.25, 0.3) is 0 Å². The fourth-order valence-corrected chi connectivity index (χ4v) is 7.54. The molecule has 1 spiro atoms. The van der Waals surface area contributed by atoms with Gasteiger partial charge < -0.3 is 9.64 Å². The second-order valence-electron chi connectivity index (χ2n) is 7.94. The normalized spacial score (nSPS) is 21.9. The van der Waals surface area contributed by atoms with E-state index >= 15 is 0 Å². The lowest BCUT2D eigenvalue weighted by molar-refractivity contribution is -0.250. The van der Waals surface area contributed by atoms with Crippen molar-refractivity contribution in [2.24, 2.45) is 0 Å². The number of amides is 1. The van der Waals surface area contributed by atoms with Crippen molar-refractivity contribution < 1.29 is 24.5 Å². The van der Waals surface area contributed by atoms with Gasteiger partial charge in [-0.3, -0.25) is 20.2 Å². The van der Waals surface area contributed by atoms with E-state index in [0.717, 1.165) is 23.5 Å². The summed E-state index contributed by atoms with van der Waals surface area (Å²) in [5.41, 5.74) is 1.13. The third-order valence-electron chi connectivity index (χ3n) is 5.72. The summed E-state index contributed by atoms with van der Waals surface area (Å²) >= 11 is 3.77. The van der Waals surface area contributed by atoms with Gasteiger partial charge in [0.1, 0.15) is 12.6 Å². The average molecular weight is 469 g/mol. The third kappa shape index (κ3) is 6.38. The number of nitrogens with one attached hydrogen (secondary N) is 1. The molecule has 1 amide bonds. The van der Waals surface area contributed by atoms with Crippen LogP contribution in [0.1, 0.15) is 32.3 Å². The molecule has 1 aromatic carbocycles. The molecule has 9 heteroatoms. The molecule has 2 saturated heterocycles. The first-order valence-corrected chi connectivity index (χ1v) is 12.8. The maximum absolute atomic E-state index is 13.3. The summed E-state index contributed by atoms with van der Waals surface area (Å²) in [5.74, 6) is 1.71. The first-order chi connectivity index (χ1) is 15.0. The van der Waals surface area contributed by atoms with Crippen LogP contribution in [-0.2, 0) is 25.6 Å². The van der Waals surface area contributed by atoms with Crippen molar-refractivity contribution in [3.8, 4) is 0 Å². The minimum atomic E-state index is -0.571. The van der Waals surface area contributed by atoms with Gasteiger partial charge in [0.15, 0.2) is 0 Å². The zero-order valence-corrected chi connectivity index (χ0v) is 19.8. The van der Waals surface area contributed by atoms with Crippen LogP contribution < -0.4 is 5.32 Å². The molecule has 0 aromatic heterocycles. The molecule has 0 saturated carbocycles. The van der Waals surface area contributed by atoms with Gasteiger partial charge in [-0.05, 0) is 38.7 Å². The lowest BCUT2D eigenvalue weighted by Gasteiger charge is -2.29. The number of hydrogen-bond donors (Lipinski definition) is 2. The van der Waals surface area contributed by atoms with Gasteiger partial charge >= 0.3 is 5.97 Å². The molecule has 0 aliphatic carbocycles. The number of aryl methyl sites for hydroxylation is 1. The van der Waals surface area contributed by atoms with Gasteiger partial charge in [0.05, 0.1) is 22.8 Å². The second-order valence-corrected chi connectivity index (χ2v) is 11.2. The summed E-state index contributed by atoms with van der Waals surface area (Å²) in [6.45, 7) is 4.57. The SMILES string of the molecule is CCOC(=O)[C@@H](CCc1ccccc1)N[C@H](C)C(=O)N1CC2(C[C@H]1COO)SCCS2. The van der Waals surface area contributed by atoms with Gasteiger partial charge in [0, 0.05) is 18.1 Å². The van der Waals surface area contributed by atoms with Crippen molar-refractivity contribution >= 4 is 35.4 Å². The Kier molecular flexibility index (Phi) is 9.09. The minimum Gasteiger partial charge on any atom is -0.465 e. The van der Waals surface area contributed by atoms with E-state index < -0.39 is 12.1 Å². The van der Waals surface area contributed by atoms with Crippen molar-refractivity contribution in [1.82, 2.24) is 10.2 Å². The zero-order chi connectivity index (χ0) is 22.3. The van der Waals surface area contributed by atoms with E-state index in [1.54, 1.807) is 18.7 Å². The van der Waals surface area contributed by atoms with E-state index in [-0.39, 0.29) is 28.6 Å². The molecule has 172 valence electrons. The number of ether oxygens (including phenoxy) is 1. The van der Waals surface area contributed by atoms with Crippen molar-refractivity contribution in [2.45, 2.75) is 55.3 Å². The number of likely N-dealkylation sites (tertiary alicyclic amines) is 1. The molecular formula is C22H32N2O5S2. The van der Waals surface area contributed by atoms with Crippen LogP contribution in [0, 0.1) is 0 Å². The highest BCUT2D eigenvalue weighted by molar-refractivity contribution is 8.21. The monoisotopic (exact) mass is 468 g/mol. The molecule has 1 aromatic rings. The Balaban J connectivity index is 1.65. The standard InChI is InChI=1S/C22H32N2O5S2/c1-3-28-21(26)19(10-9-17-7-5-4-6-8-17)23-16(2)20(25)24-15-22(30-11-12-31-22)13-18(24)14-29-27/h4-8,16,18-19,23,27H,3,9-15H2,1-2H3/t16-,18+,19-/m1/s1. The first kappa shape index (κ1) is 24.4. The highest BCUT2D eigenvalue weighted by Gasteiger charge is 2.49. The second kappa shape index (κ2) is 11.6. The predicted molar refractivity (Wildman–Crippen MR) is 124 cm³/mol. The summed E-state index contributed by atoms with van der Waals surface area (Å²) < 4.78 is 5.23. The maximum atomic E-state index is 13.3. The summed E-state index contributed by atoms with van der Waals surface area (Å²) in [6.07, 6.45) is 2.04. The Morgan fingerprint density at radius 2 is 2.00 bits per heavy atom. The van der Waals surface area contributed by atoms with Crippen LogP contribution in [0.3, 0.4) is 0 Å². The molecule has 3 atom stereocenters. The summed E-state index contributed by atoms with van der Waals surface area (Å²) in [7, 11) is 0. The predicted octanol–water partition coefficient (Wildman–Crippen LogP) is 2.80. The number of thioether (sulfide) groups is 2. The fourth-order valence-electron chi connectivity index (χ4n) is 4.21. The number of esters is 1. The average Bonchev–Trinajstić information content (AvgIpc) is 3.38. The molecule has 0 bridgehead atoms. The molecular weight excluding hydrogens is 436 g/mol. The van der Waals surface area contributed by atoms with E-state index in [9.17, 15) is 9.59 Å². The minimum absolute atomic E-state index is 0.0214. The van der Waals surface area contributed by atoms with Crippen molar-refractivity contribution in [2.75, 3.05) is 31.3 Å². The molecule has 2 heterocycles. The van der Waals surface area contributed by atoms with Crippen LogP contribution in [0.2, 0.25) is 0 Å². The van der Waals surface area contributed by atoms with Gasteiger partial charge in [0.2, 0.25) is 5.91 Å². The van der Waals surface area contributed by atoms with Crippen LogP contribution in [0.5, 0.6) is 0 Å². The topological polar surface area (TPSA) is 88.1 Å². The van der Waals surface area contributed by atoms with Gasteiger partial charge in [-0.15, -0.1) is 23.5 Å².